The zero-order valence-corrected chi connectivity index (χ0v) is 29.7. The van der Waals surface area contributed by atoms with E-state index < -0.39 is 6.04 Å². The molecule has 2 aliphatic rings. The number of amides is 2. The van der Waals surface area contributed by atoms with Crippen molar-refractivity contribution >= 4 is 49.2 Å². The van der Waals surface area contributed by atoms with Crippen LogP contribution >= 0.6 is 27.3 Å². The van der Waals surface area contributed by atoms with Gasteiger partial charge in [-0.15, -0.1) is 11.3 Å². The number of hydrogen-bond donors (Lipinski definition) is 2. The molecular formula is C38H45BrN4O3S. The lowest BCUT2D eigenvalue weighted by Gasteiger charge is -2.32. The molecule has 248 valence electrons. The van der Waals surface area contributed by atoms with Gasteiger partial charge in [0.1, 0.15) is 17.9 Å². The van der Waals surface area contributed by atoms with E-state index in [0.717, 1.165) is 78.8 Å². The highest BCUT2D eigenvalue weighted by molar-refractivity contribution is 9.10. The molecule has 2 amide bonds. The molecule has 2 atom stereocenters. The van der Waals surface area contributed by atoms with Crippen LogP contribution in [-0.2, 0) is 17.9 Å². The van der Waals surface area contributed by atoms with E-state index in [1.807, 2.05) is 30.3 Å². The lowest BCUT2D eigenvalue weighted by atomic mass is 10.0. The molecule has 0 bridgehead atoms. The van der Waals surface area contributed by atoms with Gasteiger partial charge in [-0.2, -0.15) is 0 Å². The van der Waals surface area contributed by atoms with Gasteiger partial charge in [0.05, 0.1) is 9.35 Å². The molecule has 0 saturated carbocycles. The van der Waals surface area contributed by atoms with Crippen LogP contribution in [0.3, 0.4) is 0 Å². The Hall–Kier alpha value is -3.24. The Morgan fingerprint density at radius 2 is 1.62 bits per heavy atom. The smallest absolute Gasteiger partial charge is 0.262 e. The summed E-state index contributed by atoms with van der Waals surface area (Å²) in [5, 5.41) is 7.32. The van der Waals surface area contributed by atoms with E-state index in [1.54, 1.807) is 0 Å². The Bertz CT molecular complexity index is 1620. The van der Waals surface area contributed by atoms with Crippen LogP contribution in [0.1, 0.15) is 60.3 Å². The van der Waals surface area contributed by atoms with Crippen LogP contribution in [0.25, 0.3) is 10.1 Å². The molecule has 6 rings (SSSR count). The number of ether oxygens (including phenoxy) is 1. The molecule has 0 radical (unpaired) electrons. The highest BCUT2D eigenvalue weighted by atomic mass is 79.9. The van der Waals surface area contributed by atoms with Gasteiger partial charge in [0.2, 0.25) is 5.91 Å². The third-order valence-electron chi connectivity index (χ3n) is 9.08. The van der Waals surface area contributed by atoms with Crippen molar-refractivity contribution in [2.45, 2.75) is 70.8 Å². The van der Waals surface area contributed by atoms with Crippen LogP contribution in [0.5, 0.6) is 5.75 Å². The highest BCUT2D eigenvalue weighted by Crippen LogP contribution is 2.30. The molecule has 3 aromatic carbocycles. The Morgan fingerprint density at radius 3 is 2.36 bits per heavy atom. The van der Waals surface area contributed by atoms with E-state index >= 15 is 0 Å². The minimum atomic E-state index is -0.568. The molecule has 0 unspecified atom stereocenters. The SMILES string of the molecule is CC(C)C[C@H](NC(=O)c1cc2ccccc2s1)C(=O)N[C@H]1CCN(Cc2ccc(OC3CCN(Cc4ccccc4)CC3)c(Br)c2)C1. The number of rotatable bonds is 12. The number of carbonyl (C=O) groups is 2. The average molecular weight is 718 g/mol. The van der Waals surface area contributed by atoms with Gasteiger partial charge in [-0.05, 0) is 88.3 Å². The average Bonchev–Trinajstić information content (AvgIpc) is 3.70. The van der Waals surface area contributed by atoms with E-state index in [-0.39, 0.29) is 29.9 Å². The standard InChI is InChI=1S/C38H45BrN4O3S/c1-26(2)20-33(41-38(45)36-22-29-10-6-7-11-35(29)47-36)37(44)40-30-14-17-43(25-30)24-28-12-13-34(32(39)21-28)46-31-15-18-42(19-16-31)23-27-8-4-3-5-9-27/h3-13,21-22,26,30-31,33H,14-20,23-25H2,1-2H3,(H,40,44)(H,41,45)/t30-,33-/m0/s1. The molecule has 7 nitrogen and oxygen atoms in total. The number of benzene rings is 3. The molecule has 2 saturated heterocycles. The third kappa shape index (κ3) is 9.22. The van der Waals surface area contributed by atoms with Crippen molar-refractivity contribution in [2.75, 3.05) is 26.2 Å². The number of likely N-dealkylation sites (tertiary alicyclic amines) is 2. The van der Waals surface area contributed by atoms with Crippen LogP contribution < -0.4 is 15.4 Å². The van der Waals surface area contributed by atoms with E-state index in [4.69, 9.17) is 4.74 Å². The lowest BCUT2D eigenvalue weighted by Crippen LogP contribution is -2.50. The first-order valence-corrected chi connectivity index (χ1v) is 18.4. The molecule has 9 heteroatoms. The lowest BCUT2D eigenvalue weighted by molar-refractivity contribution is -0.124. The number of hydrogen-bond acceptors (Lipinski definition) is 6. The summed E-state index contributed by atoms with van der Waals surface area (Å²) in [5.74, 6) is 0.879. The fourth-order valence-electron chi connectivity index (χ4n) is 6.62. The summed E-state index contributed by atoms with van der Waals surface area (Å²) in [4.78, 5) is 32.1. The van der Waals surface area contributed by atoms with Gasteiger partial charge in [-0.3, -0.25) is 19.4 Å². The molecule has 2 N–H and O–H groups in total. The maximum absolute atomic E-state index is 13.4. The first kappa shape index (κ1) is 33.7. The van der Waals surface area contributed by atoms with Crippen molar-refractivity contribution in [3.63, 3.8) is 0 Å². The van der Waals surface area contributed by atoms with Gasteiger partial charge in [0.15, 0.2) is 0 Å². The van der Waals surface area contributed by atoms with E-state index in [1.165, 1.54) is 22.5 Å². The van der Waals surface area contributed by atoms with Crippen LogP contribution in [0.4, 0.5) is 0 Å². The number of thiophene rings is 1. The minimum absolute atomic E-state index is 0.0530. The van der Waals surface area contributed by atoms with Gasteiger partial charge >= 0.3 is 0 Å². The summed E-state index contributed by atoms with van der Waals surface area (Å²) < 4.78 is 8.48. The number of nitrogens with zero attached hydrogens (tertiary/aromatic N) is 2. The van der Waals surface area contributed by atoms with Crippen LogP contribution in [0, 0.1) is 5.92 Å². The summed E-state index contributed by atoms with van der Waals surface area (Å²) in [6.07, 6.45) is 3.74. The predicted octanol–water partition coefficient (Wildman–Crippen LogP) is 7.24. The normalized spacial score (nSPS) is 18.4. The molecule has 3 heterocycles. The zero-order chi connectivity index (χ0) is 32.8. The Balaban J connectivity index is 0.966. The Morgan fingerprint density at radius 1 is 0.894 bits per heavy atom. The maximum Gasteiger partial charge on any atom is 0.262 e. The topological polar surface area (TPSA) is 73.9 Å². The van der Waals surface area contributed by atoms with E-state index in [9.17, 15) is 9.59 Å². The second-order valence-electron chi connectivity index (χ2n) is 13.4. The van der Waals surface area contributed by atoms with Crippen LogP contribution in [0.15, 0.2) is 83.3 Å². The Kier molecular flexibility index (Phi) is 11.3. The quantitative estimate of drug-likeness (QED) is 0.162. The summed E-state index contributed by atoms with van der Waals surface area (Å²) in [7, 11) is 0. The summed E-state index contributed by atoms with van der Waals surface area (Å²) in [5.41, 5.74) is 2.57. The van der Waals surface area contributed by atoms with Crippen molar-refractivity contribution < 1.29 is 14.3 Å². The molecular weight excluding hydrogens is 672 g/mol. The fraction of sp³-hybridized carbons (Fsp3) is 0.421. The highest BCUT2D eigenvalue weighted by Gasteiger charge is 2.29. The first-order chi connectivity index (χ1) is 22.8. The van der Waals surface area contributed by atoms with Crippen LogP contribution in [-0.4, -0.2) is 66.0 Å². The molecule has 4 aromatic rings. The number of piperidine rings is 1. The van der Waals surface area contributed by atoms with Crippen molar-refractivity contribution in [1.82, 2.24) is 20.4 Å². The number of nitrogens with one attached hydrogen (secondary N) is 2. The van der Waals surface area contributed by atoms with Gasteiger partial charge in [-0.1, -0.05) is 68.4 Å². The number of carbonyl (C=O) groups excluding carboxylic acids is 2. The first-order valence-electron chi connectivity index (χ1n) is 16.8. The monoisotopic (exact) mass is 716 g/mol. The molecule has 1 aromatic heterocycles. The van der Waals surface area contributed by atoms with E-state index in [2.05, 4.69) is 98.7 Å². The second kappa shape index (κ2) is 15.8. The summed E-state index contributed by atoms with van der Waals surface area (Å²) in [6.45, 7) is 9.72. The minimum Gasteiger partial charge on any atom is -0.489 e. The summed E-state index contributed by atoms with van der Waals surface area (Å²) in [6, 6.07) is 26.4. The maximum atomic E-state index is 13.4. The largest absolute Gasteiger partial charge is 0.489 e. The Labute approximate surface area is 290 Å². The fourth-order valence-corrected chi connectivity index (χ4v) is 8.11. The molecule has 0 spiro atoms. The predicted molar refractivity (Wildman–Crippen MR) is 194 cm³/mol. The van der Waals surface area contributed by atoms with Gasteiger partial charge in [0, 0.05) is 50.0 Å². The molecule has 0 aliphatic carbocycles. The van der Waals surface area contributed by atoms with Crippen molar-refractivity contribution in [3.05, 3.63) is 99.3 Å². The second-order valence-corrected chi connectivity index (χ2v) is 15.3. The van der Waals surface area contributed by atoms with Gasteiger partial charge in [0.25, 0.3) is 5.91 Å². The van der Waals surface area contributed by atoms with Crippen molar-refractivity contribution in [2.24, 2.45) is 5.92 Å². The molecule has 47 heavy (non-hydrogen) atoms. The van der Waals surface area contributed by atoms with E-state index in [0.29, 0.717) is 11.3 Å². The number of halogens is 1. The van der Waals surface area contributed by atoms with Gasteiger partial charge in [-0.25, -0.2) is 0 Å². The van der Waals surface area contributed by atoms with Gasteiger partial charge < -0.3 is 15.4 Å². The van der Waals surface area contributed by atoms with Crippen molar-refractivity contribution in [3.8, 4) is 5.75 Å². The van der Waals surface area contributed by atoms with Crippen molar-refractivity contribution in [1.29, 1.82) is 0 Å². The van der Waals surface area contributed by atoms with Crippen LogP contribution in [0.2, 0.25) is 0 Å². The molecule has 2 aliphatic heterocycles. The number of fused-ring (bicyclic) bond motifs is 1. The summed E-state index contributed by atoms with van der Waals surface area (Å²) >= 11 is 5.22. The molecule has 2 fully saturated rings. The third-order valence-corrected chi connectivity index (χ3v) is 10.8. The zero-order valence-electron chi connectivity index (χ0n) is 27.3.